The minimum absolute atomic E-state index is 0.0476. The van der Waals surface area contributed by atoms with Crippen LogP contribution in [0.25, 0.3) is 0 Å². The summed E-state index contributed by atoms with van der Waals surface area (Å²) in [6, 6.07) is 2.64. The van der Waals surface area contributed by atoms with Crippen molar-refractivity contribution in [3.63, 3.8) is 0 Å². The van der Waals surface area contributed by atoms with E-state index in [-0.39, 0.29) is 28.4 Å². The van der Waals surface area contributed by atoms with E-state index < -0.39 is 17.8 Å². The van der Waals surface area contributed by atoms with Crippen LogP contribution in [0, 0.1) is 0 Å². The van der Waals surface area contributed by atoms with E-state index in [1.807, 2.05) is 20.8 Å². The number of hydrogen-bond donors (Lipinski definition) is 3. The zero-order valence-corrected chi connectivity index (χ0v) is 14.0. The van der Waals surface area contributed by atoms with Gasteiger partial charge in [-0.2, -0.15) is 0 Å². The zero-order valence-electron chi connectivity index (χ0n) is 14.0. The van der Waals surface area contributed by atoms with Gasteiger partial charge in [0.25, 0.3) is 0 Å². The number of Topliss-reactive ketones (excluding diaryl/α,β-unsaturated/α-hetero) is 1. The van der Waals surface area contributed by atoms with Crippen molar-refractivity contribution in [2.45, 2.75) is 58.3 Å². The van der Waals surface area contributed by atoms with E-state index in [2.05, 4.69) is 6.08 Å². The Morgan fingerprint density at radius 3 is 2.57 bits per heavy atom. The van der Waals surface area contributed by atoms with E-state index in [0.29, 0.717) is 0 Å². The summed E-state index contributed by atoms with van der Waals surface area (Å²) in [6.07, 6.45) is 1.95. The van der Waals surface area contributed by atoms with Crippen molar-refractivity contribution >= 4 is 5.78 Å². The molecule has 23 heavy (non-hydrogen) atoms. The molecule has 0 saturated carbocycles. The van der Waals surface area contributed by atoms with Crippen molar-refractivity contribution in [3.8, 4) is 11.5 Å². The van der Waals surface area contributed by atoms with Gasteiger partial charge < -0.3 is 20.1 Å². The van der Waals surface area contributed by atoms with Gasteiger partial charge in [0.05, 0.1) is 16.7 Å². The molecule has 1 aliphatic rings. The van der Waals surface area contributed by atoms with Crippen LogP contribution in [-0.4, -0.2) is 32.8 Å². The fourth-order valence-corrected chi connectivity index (χ4v) is 2.83. The Balaban J connectivity index is 2.19. The highest BCUT2D eigenvalue weighted by Gasteiger charge is 2.56. The first kappa shape index (κ1) is 17.5. The molecule has 126 valence electrons. The maximum absolute atomic E-state index is 11.5. The van der Waals surface area contributed by atoms with E-state index in [4.69, 9.17) is 4.74 Å². The van der Waals surface area contributed by atoms with Crippen LogP contribution in [0.5, 0.6) is 11.5 Å². The third-order valence-corrected chi connectivity index (χ3v) is 4.29. The summed E-state index contributed by atoms with van der Waals surface area (Å²) in [6.45, 7) is 7.25. The van der Waals surface area contributed by atoms with Gasteiger partial charge in [-0.3, -0.25) is 4.79 Å². The number of aromatic hydroxyl groups is 2. The number of carbonyl (C=O) groups is 1. The third-order valence-electron chi connectivity index (χ3n) is 4.29. The molecular weight excluding hydrogens is 296 g/mol. The van der Waals surface area contributed by atoms with Gasteiger partial charge in [0.1, 0.15) is 23.7 Å². The van der Waals surface area contributed by atoms with Gasteiger partial charge in [-0.05, 0) is 52.7 Å². The van der Waals surface area contributed by atoms with Crippen LogP contribution >= 0.6 is 0 Å². The molecule has 1 aliphatic heterocycles. The molecule has 0 radical (unpaired) electrons. The van der Waals surface area contributed by atoms with E-state index in [0.717, 1.165) is 12.8 Å². The third kappa shape index (κ3) is 3.57. The molecular formula is C18H24O5. The predicted octanol–water partition coefficient (Wildman–Crippen LogP) is 3.24. The first-order valence-corrected chi connectivity index (χ1v) is 7.72. The summed E-state index contributed by atoms with van der Waals surface area (Å²) in [5, 5.41) is 30.7. The highest BCUT2D eigenvalue weighted by molar-refractivity contribution is 5.97. The second-order valence-corrected chi connectivity index (χ2v) is 6.57. The fourth-order valence-electron chi connectivity index (χ4n) is 2.83. The molecule has 0 aliphatic carbocycles. The summed E-state index contributed by atoms with van der Waals surface area (Å²) in [4.78, 5) is 11.5. The lowest BCUT2D eigenvalue weighted by atomic mass is 9.92. The SMILES string of the molecule is CC(=O)c1ccc(O)c(C(O)[C@@H]2O[C@@]2(C)CCC=C(C)C)c1O. The number of carbonyl (C=O) groups excluding carboxylic acids is 1. The number of phenols is 2. The number of benzene rings is 1. The molecule has 1 saturated heterocycles. The first-order valence-electron chi connectivity index (χ1n) is 7.72. The van der Waals surface area contributed by atoms with Crippen molar-refractivity contribution in [3.05, 3.63) is 34.9 Å². The van der Waals surface area contributed by atoms with Crippen molar-refractivity contribution < 1.29 is 24.9 Å². The molecule has 1 aromatic carbocycles. The molecule has 1 unspecified atom stereocenters. The van der Waals surface area contributed by atoms with Gasteiger partial charge in [0.15, 0.2) is 5.78 Å². The zero-order chi connectivity index (χ0) is 17.4. The standard InChI is InChI=1S/C18H24O5/c1-10(2)6-5-9-18(4)17(23-18)16(22)14-13(20)8-7-12(11(3)19)15(14)21/h6-8,16-17,20-22H,5,9H2,1-4H3/t16?,17-,18-/m0/s1. The molecule has 3 N–H and O–H groups in total. The van der Waals surface area contributed by atoms with Crippen molar-refractivity contribution in [2.75, 3.05) is 0 Å². The van der Waals surface area contributed by atoms with Gasteiger partial charge >= 0.3 is 0 Å². The molecule has 5 heteroatoms. The quantitative estimate of drug-likeness (QED) is 0.425. The smallest absolute Gasteiger partial charge is 0.163 e. The monoisotopic (exact) mass is 320 g/mol. The van der Waals surface area contributed by atoms with Crippen LogP contribution in [0.1, 0.15) is 62.6 Å². The largest absolute Gasteiger partial charge is 0.507 e. The van der Waals surface area contributed by atoms with E-state index in [1.54, 1.807) is 0 Å². The van der Waals surface area contributed by atoms with Crippen molar-refractivity contribution in [1.29, 1.82) is 0 Å². The van der Waals surface area contributed by atoms with Crippen LogP contribution in [0.3, 0.4) is 0 Å². The summed E-state index contributed by atoms with van der Waals surface area (Å²) in [5.74, 6) is -0.965. The topological polar surface area (TPSA) is 90.3 Å². The summed E-state index contributed by atoms with van der Waals surface area (Å²) in [5.41, 5.74) is 0.740. The van der Waals surface area contributed by atoms with Crippen LogP contribution in [0.15, 0.2) is 23.8 Å². The second kappa shape index (κ2) is 6.34. The summed E-state index contributed by atoms with van der Waals surface area (Å²) in [7, 11) is 0. The van der Waals surface area contributed by atoms with Crippen LogP contribution < -0.4 is 0 Å². The number of allylic oxidation sites excluding steroid dienone is 2. The molecule has 5 nitrogen and oxygen atoms in total. The Kier molecular flexibility index (Phi) is 4.82. The lowest BCUT2D eigenvalue weighted by Crippen LogP contribution is -2.17. The minimum atomic E-state index is -1.19. The van der Waals surface area contributed by atoms with Crippen LogP contribution in [-0.2, 0) is 4.74 Å². The van der Waals surface area contributed by atoms with Crippen LogP contribution in [0.4, 0.5) is 0 Å². The average molecular weight is 320 g/mol. The normalized spacial score (nSPS) is 24.1. The number of aliphatic hydroxyl groups is 1. The van der Waals surface area contributed by atoms with Gasteiger partial charge in [-0.15, -0.1) is 0 Å². The maximum atomic E-state index is 11.5. The number of aliphatic hydroxyl groups excluding tert-OH is 1. The first-order chi connectivity index (χ1) is 10.7. The Morgan fingerprint density at radius 2 is 2.00 bits per heavy atom. The Bertz CT molecular complexity index is 645. The van der Waals surface area contributed by atoms with Crippen LogP contribution in [0.2, 0.25) is 0 Å². The highest BCUT2D eigenvalue weighted by atomic mass is 16.6. The van der Waals surface area contributed by atoms with Gasteiger partial charge in [-0.25, -0.2) is 0 Å². The second-order valence-electron chi connectivity index (χ2n) is 6.57. The number of hydrogen-bond acceptors (Lipinski definition) is 5. The number of ketones is 1. The van der Waals surface area contributed by atoms with Gasteiger partial charge in [-0.1, -0.05) is 11.6 Å². The van der Waals surface area contributed by atoms with Crippen molar-refractivity contribution in [1.82, 2.24) is 0 Å². The molecule has 0 amide bonds. The molecule has 1 fully saturated rings. The summed E-state index contributed by atoms with van der Waals surface area (Å²) >= 11 is 0. The Hall–Kier alpha value is -1.85. The minimum Gasteiger partial charge on any atom is -0.507 e. The Morgan fingerprint density at radius 1 is 1.35 bits per heavy atom. The number of rotatable bonds is 6. The number of phenolic OH excluding ortho intramolecular Hbond substituents is 2. The average Bonchev–Trinajstić information content (AvgIpc) is 3.09. The fraction of sp³-hybridized carbons (Fsp3) is 0.500. The molecule has 1 aromatic rings. The predicted molar refractivity (Wildman–Crippen MR) is 86.7 cm³/mol. The molecule has 0 spiro atoms. The Labute approximate surface area is 136 Å². The molecule has 2 rings (SSSR count). The van der Waals surface area contributed by atoms with Crippen molar-refractivity contribution in [2.24, 2.45) is 0 Å². The van der Waals surface area contributed by atoms with E-state index >= 15 is 0 Å². The highest BCUT2D eigenvalue weighted by Crippen LogP contribution is 2.50. The molecule has 1 heterocycles. The van der Waals surface area contributed by atoms with E-state index in [9.17, 15) is 20.1 Å². The molecule has 0 bridgehead atoms. The maximum Gasteiger partial charge on any atom is 0.163 e. The van der Waals surface area contributed by atoms with Gasteiger partial charge in [0, 0.05) is 0 Å². The number of ether oxygens (including phenoxy) is 1. The molecule has 0 aromatic heterocycles. The van der Waals surface area contributed by atoms with Gasteiger partial charge in [0.2, 0.25) is 0 Å². The number of epoxide rings is 1. The summed E-state index contributed by atoms with van der Waals surface area (Å²) < 4.78 is 5.63. The lowest BCUT2D eigenvalue weighted by molar-refractivity contribution is 0.101. The van der Waals surface area contributed by atoms with E-state index in [1.165, 1.54) is 24.6 Å². The lowest BCUT2D eigenvalue weighted by Gasteiger charge is -2.16. The molecule has 3 atom stereocenters.